The maximum Gasteiger partial charge on any atom is 0.261 e. The van der Waals surface area contributed by atoms with Crippen molar-refractivity contribution in [3.8, 4) is 5.75 Å². The quantitative estimate of drug-likeness (QED) is 0.631. The van der Waals surface area contributed by atoms with Gasteiger partial charge in [-0.1, -0.05) is 56.7 Å². The van der Waals surface area contributed by atoms with Crippen LogP contribution < -0.4 is 10.1 Å². The fourth-order valence-electron chi connectivity index (χ4n) is 4.48. The van der Waals surface area contributed by atoms with E-state index >= 15 is 0 Å². The normalized spacial score (nSPS) is 18.6. The molecule has 4 rings (SSSR count). The summed E-state index contributed by atoms with van der Waals surface area (Å²) < 4.78 is 6.17. The summed E-state index contributed by atoms with van der Waals surface area (Å²) >= 11 is 0. The summed E-state index contributed by atoms with van der Waals surface area (Å²) in [4.78, 5) is 27.9. The smallest absolute Gasteiger partial charge is 0.261 e. The molecule has 1 N–H and O–H groups in total. The van der Waals surface area contributed by atoms with Crippen molar-refractivity contribution in [2.75, 3.05) is 13.1 Å². The summed E-state index contributed by atoms with van der Waals surface area (Å²) in [6.07, 6.45) is 2.88. The van der Waals surface area contributed by atoms with Crippen LogP contribution in [0.25, 0.3) is 0 Å². The molecule has 0 unspecified atom stereocenters. The Morgan fingerprint density at radius 1 is 1.12 bits per heavy atom. The van der Waals surface area contributed by atoms with Crippen molar-refractivity contribution in [2.24, 2.45) is 11.8 Å². The first-order chi connectivity index (χ1) is 15.9. The minimum atomic E-state index is -0.535. The molecule has 5 heteroatoms. The van der Waals surface area contributed by atoms with Gasteiger partial charge in [0, 0.05) is 19.0 Å². The molecule has 5 nitrogen and oxygen atoms in total. The number of carbonyl (C=O) groups is 2. The summed E-state index contributed by atoms with van der Waals surface area (Å²) in [7, 11) is 0. The second-order valence-corrected chi connectivity index (χ2v) is 9.88. The van der Waals surface area contributed by atoms with Gasteiger partial charge in [0.05, 0.1) is 6.04 Å². The SMILES string of the molecule is CC[C@H](Oc1ccc2c(c1)[C@@H](c1ccc(C)cc1)N(C(=O)C1CC1)CC2)C(=O)NCC(C)C. The van der Waals surface area contributed by atoms with Gasteiger partial charge in [0.25, 0.3) is 5.91 Å². The summed E-state index contributed by atoms with van der Waals surface area (Å²) in [6, 6.07) is 14.5. The van der Waals surface area contributed by atoms with Gasteiger partial charge >= 0.3 is 0 Å². The lowest BCUT2D eigenvalue weighted by atomic mass is 9.87. The fraction of sp³-hybridized carbons (Fsp3) is 0.500. The highest BCUT2D eigenvalue weighted by atomic mass is 16.5. The van der Waals surface area contributed by atoms with Gasteiger partial charge in [0.2, 0.25) is 5.91 Å². The Morgan fingerprint density at radius 2 is 1.85 bits per heavy atom. The van der Waals surface area contributed by atoms with Crippen molar-refractivity contribution >= 4 is 11.8 Å². The molecule has 2 aromatic rings. The van der Waals surface area contributed by atoms with Gasteiger partial charge in [-0.3, -0.25) is 9.59 Å². The molecular weight excluding hydrogens is 412 g/mol. The van der Waals surface area contributed by atoms with E-state index in [2.05, 4.69) is 61.3 Å². The number of aryl methyl sites for hydroxylation is 1. The van der Waals surface area contributed by atoms with Crippen LogP contribution in [0, 0.1) is 18.8 Å². The standard InChI is InChI=1S/C28H36N2O3/c1-5-25(27(31)29-17-18(2)3)33-23-13-12-20-14-15-30(28(32)22-10-11-22)26(24(20)16-23)21-8-6-19(4)7-9-21/h6-9,12-13,16,18,22,25-26H,5,10-11,14-15,17H2,1-4H3,(H,29,31)/t25-,26+/m0/s1. The second-order valence-electron chi connectivity index (χ2n) is 9.88. The van der Waals surface area contributed by atoms with Gasteiger partial charge in [-0.15, -0.1) is 0 Å². The van der Waals surface area contributed by atoms with Crippen LogP contribution in [0.4, 0.5) is 0 Å². The van der Waals surface area contributed by atoms with Crippen LogP contribution in [0.1, 0.15) is 68.3 Å². The van der Waals surface area contributed by atoms with Crippen LogP contribution in [-0.4, -0.2) is 35.9 Å². The predicted octanol–water partition coefficient (Wildman–Crippen LogP) is 4.81. The van der Waals surface area contributed by atoms with Crippen LogP contribution in [0.3, 0.4) is 0 Å². The summed E-state index contributed by atoms with van der Waals surface area (Å²) in [6.45, 7) is 9.56. The zero-order valence-corrected chi connectivity index (χ0v) is 20.3. The molecule has 33 heavy (non-hydrogen) atoms. The number of nitrogens with zero attached hydrogens (tertiary/aromatic N) is 1. The highest BCUT2D eigenvalue weighted by Crippen LogP contribution is 2.41. The first-order valence-corrected chi connectivity index (χ1v) is 12.3. The molecule has 0 saturated heterocycles. The minimum Gasteiger partial charge on any atom is -0.481 e. The van der Waals surface area contributed by atoms with E-state index in [1.807, 2.05) is 19.1 Å². The molecule has 1 fully saturated rings. The fourth-order valence-corrected chi connectivity index (χ4v) is 4.48. The number of ether oxygens (including phenoxy) is 1. The Hall–Kier alpha value is -2.82. The Labute approximate surface area is 197 Å². The van der Waals surface area contributed by atoms with Gasteiger partial charge in [-0.25, -0.2) is 0 Å². The Bertz CT molecular complexity index is 995. The van der Waals surface area contributed by atoms with Gasteiger partial charge in [-0.05, 0) is 67.3 Å². The highest BCUT2D eigenvalue weighted by molar-refractivity contribution is 5.82. The maximum atomic E-state index is 13.2. The zero-order chi connectivity index (χ0) is 23.5. The molecule has 2 atom stereocenters. The van der Waals surface area contributed by atoms with Crippen molar-refractivity contribution in [1.29, 1.82) is 0 Å². The van der Waals surface area contributed by atoms with Gasteiger partial charge < -0.3 is 15.0 Å². The number of benzene rings is 2. The van der Waals surface area contributed by atoms with Crippen molar-refractivity contribution in [2.45, 2.75) is 65.5 Å². The molecule has 0 bridgehead atoms. The van der Waals surface area contributed by atoms with E-state index in [0.29, 0.717) is 24.6 Å². The predicted molar refractivity (Wildman–Crippen MR) is 130 cm³/mol. The molecule has 2 aromatic carbocycles. The molecule has 2 amide bonds. The Kier molecular flexibility index (Phi) is 7.06. The lowest BCUT2D eigenvalue weighted by Gasteiger charge is -2.38. The molecule has 1 saturated carbocycles. The molecule has 1 heterocycles. The highest BCUT2D eigenvalue weighted by Gasteiger charge is 2.39. The largest absolute Gasteiger partial charge is 0.481 e. The third kappa shape index (κ3) is 5.40. The van der Waals surface area contributed by atoms with E-state index in [1.54, 1.807) is 0 Å². The number of carbonyl (C=O) groups excluding carboxylic acids is 2. The number of amides is 2. The number of rotatable bonds is 8. The van der Waals surface area contributed by atoms with Crippen LogP contribution in [0.15, 0.2) is 42.5 Å². The van der Waals surface area contributed by atoms with Crippen LogP contribution in [0.2, 0.25) is 0 Å². The van der Waals surface area contributed by atoms with E-state index in [9.17, 15) is 9.59 Å². The average Bonchev–Trinajstić information content (AvgIpc) is 3.66. The van der Waals surface area contributed by atoms with Crippen LogP contribution in [0.5, 0.6) is 5.75 Å². The summed E-state index contributed by atoms with van der Waals surface area (Å²) in [5, 5.41) is 2.98. The Balaban J connectivity index is 1.63. The Morgan fingerprint density at radius 3 is 2.48 bits per heavy atom. The summed E-state index contributed by atoms with van der Waals surface area (Å²) in [5.41, 5.74) is 4.67. The number of hydrogen-bond donors (Lipinski definition) is 1. The second kappa shape index (κ2) is 9.98. The first-order valence-electron chi connectivity index (χ1n) is 12.3. The maximum absolute atomic E-state index is 13.2. The third-order valence-electron chi connectivity index (χ3n) is 6.57. The molecule has 1 aliphatic carbocycles. The molecule has 176 valence electrons. The minimum absolute atomic E-state index is 0.0791. The molecule has 2 aliphatic rings. The number of fused-ring (bicyclic) bond motifs is 1. The molecular formula is C28H36N2O3. The topological polar surface area (TPSA) is 58.6 Å². The van der Waals surface area contributed by atoms with E-state index in [4.69, 9.17) is 4.74 Å². The van der Waals surface area contributed by atoms with Crippen LogP contribution in [-0.2, 0) is 16.0 Å². The van der Waals surface area contributed by atoms with Gasteiger partial charge in [-0.2, -0.15) is 0 Å². The zero-order valence-electron chi connectivity index (χ0n) is 20.3. The van der Waals surface area contributed by atoms with Crippen molar-refractivity contribution in [3.63, 3.8) is 0 Å². The van der Waals surface area contributed by atoms with Gasteiger partial charge in [0.1, 0.15) is 5.75 Å². The molecule has 1 aliphatic heterocycles. The van der Waals surface area contributed by atoms with Crippen molar-refractivity contribution in [1.82, 2.24) is 10.2 Å². The third-order valence-corrected chi connectivity index (χ3v) is 6.57. The monoisotopic (exact) mass is 448 g/mol. The molecule has 0 radical (unpaired) electrons. The molecule has 0 aromatic heterocycles. The lowest BCUT2D eigenvalue weighted by molar-refractivity contribution is -0.134. The summed E-state index contributed by atoms with van der Waals surface area (Å²) in [5.74, 6) is 1.42. The lowest BCUT2D eigenvalue weighted by Crippen LogP contribution is -2.41. The van der Waals surface area contributed by atoms with E-state index < -0.39 is 6.10 Å². The average molecular weight is 449 g/mol. The first kappa shape index (κ1) is 23.3. The van der Waals surface area contributed by atoms with E-state index in [0.717, 1.165) is 36.9 Å². The van der Waals surface area contributed by atoms with Gasteiger partial charge in [0.15, 0.2) is 6.10 Å². The molecule has 0 spiro atoms. The van der Waals surface area contributed by atoms with E-state index in [-0.39, 0.29) is 23.8 Å². The number of hydrogen-bond acceptors (Lipinski definition) is 3. The number of nitrogens with one attached hydrogen (secondary N) is 1. The van der Waals surface area contributed by atoms with Crippen molar-refractivity contribution in [3.05, 3.63) is 64.7 Å². The van der Waals surface area contributed by atoms with Crippen LogP contribution >= 0.6 is 0 Å². The van der Waals surface area contributed by atoms with Crippen molar-refractivity contribution < 1.29 is 14.3 Å². The van der Waals surface area contributed by atoms with E-state index in [1.165, 1.54) is 11.1 Å².